The number of unbranched alkanes of at least 4 members (excludes halogenated alkanes) is 3. The zero-order valence-electron chi connectivity index (χ0n) is 19.9. The van der Waals surface area contributed by atoms with Gasteiger partial charge in [-0.25, -0.2) is 14.4 Å². The van der Waals surface area contributed by atoms with Crippen LogP contribution in [0, 0.1) is 0 Å². The first kappa shape index (κ1) is 32.3. The first-order valence-corrected chi connectivity index (χ1v) is 10.5. The van der Waals surface area contributed by atoms with Crippen molar-refractivity contribution in [1.82, 2.24) is 0 Å². The normalized spacial score (nSPS) is 9.00. The molecule has 0 aromatic carbocycles. The molecule has 0 aromatic heterocycles. The second-order valence-corrected chi connectivity index (χ2v) is 6.81. The van der Waals surface area contributed by atoms with Crippen LogP contribution in [0.1, 0.15) is 80.1 Å². The van der Waals surface area contributed by atoms with E-state index >= 15 is 0 Å². The van der Waals surface area contributed by atoms with Gasteiger partial charge < -0.3 is 14.2 Å². The maximum atomic E-state index is 10.7. The Morgan fingerprint density at radius 3 is 0.867 bits per heavy atom. The van der Waals surface area contributed by atoms with Crippen LogP contribution in [-0.2, 0) is 28.6 Å². The first-order chi connectivity index (χ1) is 14.0. The standard InChI is InChI=1S/3C8H14O2/c3*1-4-5-6-10-8(9)7(2)3/h3*2,4-6H2,1,3H3. The monoisotopic (exact) mass is 426 g/mol. The van der Waals surface area contributed by atoms with Crippen LogP contribution in [0.15, 0.2) is 36.5 Å². The molecule has 0 aromatic rings. The predicted molar refractivity (Wildman–Crippen MR) is 122 cm³/mol. The molecule has 0 fully saturated rings. The van der Waals surface area contributed by atoms with Crippen LogP contribution >= 0.6 is 0 Å². The lowest BCUT2D eigenvalue weighted by Gasteiger charge is -2.01. The first-order valence-electron chi connectivity index (χ1n) is 10.5. The van der Waals surface area contributed by atoms with Crippen molar-refractivity contribution in [3.63, 3.8) is 0 Å². The van der Waals surface area contributed by atoms with Crippen LogP contribution < -0.4 is 0 Å². The molecule has 0 spiro atoms. The van der Waals surface area contributed by atoms with E-state index in [-0.39, 0.29) is 17.9 Å². The van der Waals surface area contributed by atoms with Crippen molar-refractivity contribution in [2.75, 3.05) is 19.8 Å². The molecule has 0 radical (unpaired) electrons. The zero-order chi connectivity index (χ0) is 23.9. The van der Waals surface area contributed by atoms with Crippen LogP contribution in [0.2, 0.25) is 0 Å². The molecule has 30 heavy (non-hydrogen) atoms. The fourth-order valence-corrected chi connectivity index (χ4v) is 1.30. The van der Waals surface area contributed by atoms with Crippen LogP contribution in [0.25, 0.3) is 0 Å². The van der Waals surface area contributed by atoms with Crippen molar-refractivity contribution in [1.29, 1.82) is 0 Å². The predicted octanol–water partition coefficient (Wildman–Crippen LogP) is 5.72. The summed E-state index contributed by atoms with van der Waals surface area (Å²) >= 11 is 0. The van der Waals surface area contributed by atoms with Gasteiger partial charge in [-0.3, -0.25) is 0 Å². The van der Waals surface area contributed by atoms with Gasteiger partial charge >= 0.3 is 17.9 Å². The molecule has 0 heterocycles. The summed E-state index contributed by atoms with van der Waals surface area (Å²) in [6, 6.07) is 0. The number of hydrogen-bond acceptors (Lipinski definition) is 6. The summed E-state index contributed by atoms with van der Waals surface area (Å²) in [7, 11) is 0. The van der Waals surface area contributed by atoms with Crippen molar-refractivity contribution in [2.24, 2.45) is 0 Å². The number of esters is 3. The molecule has 0 saturated heterocycles. The highest BCUT2D eigenvalue weighted by Crippen LogP contribution is 1.96. The maximum absolute atomic E-state index is 10.7. The Balaban J connectivity index is -0.000000364. The minimum Gasteiger partial charge on any atom is -0.462 e. The highest BCUT2D eigenvalue weighted by atomic mass is 16.5. The van der Waals surface area contributed by atoms with Crippen LogP contribution in [0.5, 0.6) is 0 Å². The second kappa shape index (κ2) is 22.9. The molecule has 0 amide bonds. The van der Waals surface area contributed by atoms with E-state index in [1.165, 1.54) is 0 Å². The average molecular weight is 427 g/mol. The lowest BCUT2D eigenvalue weighted by Crippen LogP contribution is -2.05. The van der Waals surface area contributed by atoms with E-state index in [4.69, 9.17) is 14.2 Å². The second-order valence-electron chi connectivity index (χ2n) is 6.81. The van der Waals surface area contributed by atoms with Gasteiger partial charge in [-0.2, -0.15) is 0 Å². The van der Waals surface area contributed by atoms with Gasteiger partial charge in [-0.15, -0.1) is 0 Å². The molecular formula is C24H42O6. The van der Waals surface area contributed by atoms with Crippen LogP contribution in [-0.4, -0.2) is 37.7 Å². The molecule has 0 atom stereocenters. The van der Waals surface area contributed by atoms with E-state index in [0.717, 1.165) is 38.5 Å². The van der Waals surface area contributed by atoms with Gasteiger partial charge in [-0.1, -0.05) is 59.8 Å². The molecule has 6 nitrogen and oxygen atoms in total. The topological polar surface area (TPSA) is 78.9 Å². The number of carbonyl (C=O) groups excluding carboxylic acids is 3. The summed E-state index contributed by atoms with van der Waals surface area (Å²) in [5, 5.41) is 0. The fourth-order valence-electron chi connectivity index (χ4n) is 1.30. The van der Waals surface area contributed by atoms with Gasteiger partial charge in [0.25, 0.3) is 0 Å². The van der Waals surface area contributed by atoms with E-state index in [1.54, 1.807) is 20.8 Å². The Morgan fingerprint density at radius 2 is 0.733 bits per heavy atom. The van der Waals surface area contributed by atoms with E-state index < -0.39 is 0 Å². The highest BCUT2D eigenvalue weighted by molar-refractivity contribution is 5.87. The fraction of sp³-hybridized carbons (Fsp3) is 0.625. The van der Waals surface area contributed by atoms with Crippen molar-refractivity contribution in [3.05, 3.63) is 36.5 Å². The third-order valence-electron chi connectivity index (χ3n) is 3.24. The van der Waals surface area contributed by atoms with Gasteiger partial charge in [0.1, 0.15) is 0 Å². The molecule has 0 saturated carbocycles. The van der Waals surface area contributed by atoms with Crippen molar-refractivity contribution in [3.8, 4) is 0 Å². The lowest BCUT2D eigenvalue weighted by molar-refractivity contribution is -0.139. The lowest BCUT2D eigenvalue weighted by atomic mass is 10.3. The summed E-state index contributed by atoms with van der Waals surface area (Å²) in [5.74, 6) is -0.852. The Labute approximate surface area is 183 Å². The number of carbonyl (C=O) groups is 3. The molecule has 0 N–H and O–H groups in total. The number of hydrogen-bond donors (Lipinski definition) is 0. The van der Waals surface area contributed by atoms with Crippen LogP contribution in [0.3, 0.4) is 0 Å². The van der Waals surface area contributed by atoms with E-state index in [0.29, 0.717) is 36.5 Å². The third kappa shape index (κ3) is 25.6. The SMILES string of the molecule is C=C(C)C(=O)OCCCC.C=C(C)C(=O)OCCCC.C=C(C)C(=O)OCCCC. The molecule has 0 aliphatic carbocycles. The van der Waals surface area contributed by atoms with Crippen molar-refractivity contribution < 1.29 is 28.6 Å². The van der Waals surface area contributed by atoms with E-state index in [2.05, 4.69) is 40.5 Å². The maximum Gasteiger partial charge on any atom is 0.333 e. The molecule has 174 valence electrons. The molecule has 0 bridgehead atoms. The molecule has 0 rings (SSSR count). The van der Waals surface area contributed by atoms with Gasteiger partial charge in [0.15, 0.2) is 0 Å². The minimum absolute atomic E-state index is 0.284. The van der Waals surface area contributed by atoms with Gasteiger partial charge in [-0.05, 0) is 40.0 Å². The molecule has 0 aliphatic rings. The largest absolute Gasteiger partial charge is 0.462 e. The summed E-state index contributed by atoms with van der Waals surface area (Å²) < 4.78 is 14.4. The Bertz CT molecular complexity index is 458. The Hall–Kier alpha value is -2.37. The summed E-state index contributed by atoms with van der Waals surface area (Å²) in [5.41, 5.74) is 1.41. The molecule has 6 heteroatoms. The van der Waals surface area contributed by atoms with Gasteiger partial charge in [0, 0.05) is 16.7 Å². The van der Waals surface area contributed by atoms with E-state index in [1.807, 2.05) is 0 Å². The summed E-state index contributed by atoms with van der Waals surface area (Å²) in [4.78, 5) is 32.1. The van der Waals surface area contributed by atoms with Gasteiger partial charge in [0.05, 0.1) is 19.8 Å². The third-order valence-corrected chi connectivity index (χ3v) is 3.24. The van der Waals surface area contributed by atoms with E-state index in [9.17, 15) is 14.4 Å². The number of rotatable bonds is 12. The van der Waals surface area contributed by atoms with Crippen molar-refractivity contribution in [2.45, 2.75) is 80.1 Å². The average Bonchev–Trinajstić information content (AvgIpc) is 2.69. The number of ether oxygens (including phenoxy) is 3. The zero-order valence-corrected chi connectivity index (χ0v) is 19.9. The summed E-state index contributed by atoms with van der Waals surface area (Å²) in [6.45, 7) is 23.0. The van der Waals surface area contributed by atoms with Crippen LogP contribution in [0.4, 0.5) is 0 Å². The molecular weight excluding hydrogens is 384 g/mol. The Kier molecular flexibility index (Phi) is 24.7. The summed E-state index contributed by atoms with van der Waals surface area (Å²) in [6.07, 6.45) is 5.92. The quantitative estimate of drug-likeness (QED) is 0.172. The van der Waals surface area contributed by atoms with Crippen molar-refractivity contribution >= 4 is 17.9 Å². The minimum atomic E-state index is -0.284. The van der Waals surface area contributed by atoms with Gasteiger partial charge in [0.2, 0.25) is 0 Å². The molecule has 0 aliphatic heterocycles. The molecule has 0 unspecified atom stereocenters. The Morgan fingerprint density at radius 1 is 0.533 bits per heavy atom. The highest BCUT2D eigenvalue weighted by Gasteiger charge is 2.01. The smallest absolute Gasteiger partial charge is 0.333 e.